The van der Waals surface area contributed by atoms with Crippen molar-refractivity contribution in [1.82, 2.24) is 15.2 Å². The minimum Gasteiger partial charge on any atom is -0.441 e. The molecule has 3 rings (SSSR count). The molecule has 1 unspecified atom stereocenters. The minimum atomic E-state index is 0.603. The van der Waals surface area contributed by atoms with Gasteiger partial charge in [0.1, 0.15) is 5.52 Å². The van der Waals surface area contributed by atoms with E-state index in [-0.39, 0.29) is 0 Å². The van der Waals surface area contributed by atoms with E-state index in [1.807, 2.05) is 6.92 Å². The summed E-state index contributed by atoms with van der Waals surface area (Å²) >= 11 is 0. The van der Waals surface area contributed by atoms with E-state index in [9.17, 15) is 0 Å². The summed E-state index contributed by atoms with van der Waals surface area (Å²) < 4.78 is 5.58. The SMILES string of the molecule is Cc1nc2ccc(CCC3CN(C)CCN3)cc2o1. The first-order chi connectivity index (χ1) is 9.20. The average Bonchev–Trinajstić information content (AvgIpc) is 2.75. The van der Waals surface area contributed by atoms with Crippen molar-refractivity contribution in [3.63, 3.8) is 0 Å². The molecule has 0 spiro atoms. The smallest absolute Gasteiger partial charge is 0.192 e. The molecular weight excluding hydrogens is 238 g/mol. The van der Waals surface area contributed by atoms with Gasteiger partial charge in [0.25, 0.3) is 0 Å². The Morgan fingerprint density at radius 1 is 1.47 bits per heavy atom. The van der Waals surface area contributed by atoms with Crippen molar-refractivity contribution in [2.24, 2.45) is 0 Å². The largest absolute Gasteiger partial charge is 0.441 e. The fourth-order valence-corrected chi connectivity index (χ4v) is 2.77. The molecule has 1 N–H and O–H groups in total. The molecule has 19 heavy (non-hydrogen) atoms. The number of hydrogen-bond acceptors (Lipinski definition) is 4. The van der Waals surface area contributed by atoms with Crippen molar-refractivity contribution in [2.75, 3.05) is 26.7 Å². The molecule has 4 heteroatoms. The normalized spacial score (nSPS) is 21.1. The number of fused-ring (bicyclic) bond motifs is 1. The van der Waals surface area contributed by atoms with Gasteiger partial charge in [0, 0.05) is 32.6 Å². The minimum absolute atomic E-state index is 0.603. The molecule has 4 nitrogen and oxygen atoms in total. The molecule has 1 aliphatic rings. The number of hydrogen-bond donors (Lipinski definition) is 1. The molecule has 0 bridgehead atoms. The molecule has 1 aliphatic heterocycles. The van der Waals surface area contributed by atoms with Crippen LogP contribution in [-0.2, 0) is 6.42 Å². The Bertz CT molecular complexity index is 564. The summed E-state index contributed by atoms with van der Waals surface area (Å²) in [6.45, 7) is 5.28. The zero-order valence-corrected chi connectivity index (χ0v) is 11.6. The van der Waals surface area contributed by atoms with Crippen molar-refractivity contribution in [2.45, 2.75) is 25.8 Å². The van der Waals surface area contributed by atoms with Gasteiger partial charge >= 0.3 is 0 Å². The molecule has 2 heterocycles. The Labute approximate surface area is 113 Å². The molecule has 1 atom stereocenters. The van der Waals surface area contributed by atoms with Gasteiger partial charge in [-0.15, -0.1) is 0 Å². The van der Waals surface area contributed by atoms with E-state index in [4.69, 9.17) is 4.42 Å². The van der Waals surface area contributed by atoms with Crippen LogP contribution in [0.1, 0.15) is 17.9 Å². The molecule has 2 aromatic rings. The van der Waals surface area contributed by atoms with Crippen LogP contribution in [-0.4, -0.2) is 42.6 Å². The monoisotopic (exact) mass is 259 g/mol. The van der Waals surface area contributed by atoms with Crippen molar-refractivity contribution in [3.05, 3.63) is 29.7 Å². The molecule has 1 saturated heterocycles. The summed E-state index contributed by atoms with van der Waals surface area (Å²) in [5.41, 5.74) is 3.19. The van der Waals surface area contributed by atoms with E-state index >= 15 is 0 Å². The molecule has 0 aliphatic carbocycles. The second-order valence-corrected chi connectivity index (χ2v) is 5.49. The molecule has 0 saturated carbocycles. The van der Waals surface area contributed by atoms with Crippen LogP contribution < -0.4 is 5.32 Å². The zero-order valence-electron chi connectivity index (χ0n) is 11.6. The first kappa shape index (κ1) is 12.6. The van der Waals surface area contributed by atoms with Gasteiger partial charge < -0.3 is 14.6 Å². The maximum Gasteiger partial charge on any atom is 0.192 e. The van der Waals surface area contributed by atoms with Gasteiger partial charge in [-0.3, -0.25) is 0 Å². The Morgan fingerprint density at radius 2 is 2.37 bits per heavy atom. The van der Waals surface area contributed by atoms with Crippen LogP contribution in [0, 0.1) is 6.92 Å². The highest BCUT2D eigenvalue weighted by Crippen LogP contribution is 2.18. The average molecular weight is 259 g/mol. The molecule has 1 aromatic heterocycles. The van der Waals surface area contributed by atoms with Gasteiger partial charge in [-0.05, 0) is 37.6 Å². The number of nitrogens with one attached hydrogen (secondary N) is 1. The molecule has 1 aromatic carbocycles. The Hall–Kier alpha value is -1.39. The number of rotatable bonds is 3. The Morgan fingerprint density at radius 3 is 3.21 bits per heavy atom. The highest BCUT2D eigenvalue weighted by atomic mass is 16.3. The van der Waals surface area contributed by atoms with E-state index < -0.39 is 0 Å². The summed E-state index contributed by atoms with van der Waals surface area (Å²) in [5.74, 6) is 0.739. The lowest BCUT2D eigenvalue weighted by Crippen LogP contribution is -2.49. The number of oxazole rings is 1. The van der Waals surface area contributed by atoms with Gasteiger partial charge in [-0.25, -0.2) is 4.98 Å². The third-order valence-corrected chi connectivity index (χ3v) is 3.80. The Balaban J connectivity index is 1.64. The Kier molecular flexibility index (Phi) is 3.53. The number of aromatic nitrogens is 1. The third kappa shape index (κ3) is 2.96. The zero-order chi connectivity index (χ0) is 13.2. The molecule has 1 fully saturated rings. The van der Waals surface area contributed by atoms with E-state index in [1.165, 1.54) is 12.0 Å². The van der Waals surface area contributed by atoms with Gasteiger partial charge in [0.05, 0.1) is 0 Å². The topological polar surface area (TPSA) is 41.3 Å². The highest BCUT2D eigenvalue weighted by molar-refractivity contribution is 5.73. The first-order valence-corrected chi connectivity index (χ1v) is 6.99. The van der Waals surface area contributed by atoms with Crippen molar-refractivity contribution >= 4 is 11.1 Å². The van der Waals surface area contributed by atoms with E-state index in [0.717, 1.165) is 43.0 Å². The molecule has 0 amide bonds. The van der Waals surface area contributed by atoms with Crippen molar-refractivity contribution in [3.8, 4) is 0 Å². The quantitative estimate of drug-likeness (QED) is 0.915. The lowest BCUT2D eigenvalue weighted by atomic mass is 10.0. The lowest BCUT2D eigenvalue weighted by molar-refractivity contribution is 0.232. The summed E-state index contributed by atoms with van der Waals surface area (Å²) in [6.07, 6.45) is 2.25. The van der Waals surface area contributed by atoms with Crippen LogP contribution in [0.3, 0.4) is 0 Å². The lowest BCUT2D eigenvalue weighted by Gasteiger charge is -2.30. The maximum atomic E-state index is 5.58. The van der Waals surface area contributed by atoms with Crippen LogP contribution in [0.15, 0.2) is 22.6 Å². The van der Waals surface area contributed by atoms with Gasteiger partial charge in [-0.2, -0.15) is 0 Å². The van der Waals surface area contributed by atoms with Crippen LogP contribution in [0.2, 0.25) is 0 Å². The molecular formula is C15H21N3O. The van der Waals surface area contributed by atoms with Crippen LogP contribution in [0.4, 0.5) is 0 Å². The number of likely N-dealkylation sites (N-methyl/N-ethyl adjacent to an activating group) is 1. The van der Waals surface area contributed by atoms with E-state index in [2.05, 4.69) is 40.4 Å². The van der Waals surface area contributed by atoms with Gasteiger partial charge in [0.15, 0.2) is 11.5 Å². The summed E-state index contributed by atoms with van der Waals surface area (Å²) in [5, 5.41) is 3.58. The highest BCUT2D eigenvalue weighted by Gasteiger charge is 2.16. The number of aryl methyl sites for hydroxylation is 2. The van der Waals surface area contributed by atoms with E-state index in [1.54, 1.807) is 0 Å². The predicted octanol–water partition coefficient (Wildman–Crippen LogP) is 1.97. The van der Waals surface area contributed by atoms with Gasteiger partial charge in [0.2, 0.25) is 0 Å². The van der Waals surface area contributed by atoms with Crippen LogP contribution >= 0.6 is 0 Å². The second-order valence-electron chi connectivity index (χ2n) is 5.49. The second kappa shape index (κ2) is 5.31. The summed E-state index contributed by atoms with van der Waals surface area (Å²) in [4.78, 5) is 6.72. The fourth-order valence-electron chi connectivity index (χ4n) is 2.77. The number of nitrogens with zero attached hydrogens (tertiary/aromatic N) is 2. The molecule has 0 radical (unpaired) electrons. The van der Waals surface area contributed by atoms with Crippen molar-refractivity contribution < 1.29 is 4.42 Å². The fraction of sp³-hybridized carbons (Fsp3) is 0.533. The third-order valence-electron chi connectivity index (χ3n) is 3.80. The summed E-state index contributed by atoms with van der Waals surface area (Å²) in [6, 6.07) is 6.95. The van der Waals surface area contributed by atoms with E-state index in [0.29, 0.717) is 6.04 Å². The van der Waals surface area contributed by atoms with Crippen LogP contribution in [0.5, 0.6) is 0 Å². The summed E-state index contributed by atoms with van der Waals surface area (Å²) in [7, 11) is 2.19. The van der Waals surface area contributed by atoms with Gasteiger partial charge in [-0.1, -0.05) is 6.07 Å². The predicted molar refractivity (Wildman–Crippen MR) is 76.4 cm³/mol. The number of piperazine rings is 1. The number of benzene rings is 1. The van der Waals surface area contributed by atoms with Crippen molar-refractivity contribution in [1.29, 1.82) is 0 Å². The van der Waals surface area contributed by atoms with Crippen LogP contribution in [0.25, 0.3) is 11.1 Å². The maximum absolute atomic E-state index is 5.58. The first-order valence-electron chi connectivity index (χ1n) is 6.99. The molecule has 102 valence electrons. The standard InChI is InChI=1S/C15H21N3O/c1-11-17-14-6-4-12(9-15(14)19-11)3-5-13-10-18(2)8-7-16-13/h4,6,9,13,16H,3,5,7-8,10H2,1-2H3.